The van der Waals surface area contributed by atoms with Gasteiger partial charge in [0.1, 0.15) is 4.75 Å². The van der Waals surface area contributed by atoms with Crippen LogP contribution in [0.5, 0.6) is 0 Å². The number of hydrogen-bond donors (Lipinski definition) is 1. The summed E-state index contributed by atoms with van der Waals surface area (Å²) in [5.74, 6) is -0.287. The van der Waals surface area contributed by atoms with Gasteiger partial charge in [-0.15, -0.1) is 4.72 Å². The highest BCUT2D eigenvalue weighted by molar-refractivity contribution is 7.90. The maximum atomic E-state index is 12.6. The first kappa shape index (κ1) is 16.3. The summed E-state index contributed by atoms with van der Waals surface area (Å²) in [4.78, 5) is 11.9. The molecule has 0 heterocycles. The fourth-order valence-corrected chi connectivity index (χ4v) is 3.61. The van der Waals surface area contributed by atoms with E-state index in [1.165, 1.54) is 12.7 Å². The number of nitrogens with one attached hydrogen (secondary N) is 1. The van der Waals surface area contributed by atoms with E-state index in [1.807, 2.05) is 39.0 Å². The number of methoxy groups -OCH3 is 1. The number of benzene rings is 1. The maximum absolute atomic E-state index is 12.6. The second-order valence-electron chi connectivity index (χ2n) is 6.48. The van der Waals surface area contributed by atoms with E-state index < -0.39 is 16.9 Å². The van der Waals surface area contributed by atoms with Gasteiger partial charge in [-0.05, 0) is 44.7 Å². The molecular formula is C16H23NO3S. The smallest absolute Gasteiger partial charge is 0.307 e. The van der Waals surface area contributed by atoms with Crippen LogP contribution in [0.15, 0.2) is 24.3 Å². The van der Waals surface area contributed by atoms with Crippen molar-refractivity contribution in [2.24, 2.45) is 0 Å². The van der Waals surface area contributed by atoms with Crippen LogP contribution in [0.4, 0.5) is 0 Å². The zero-order valence-electron chi connectivity index (χ0n) is 13.1. The third-order valence-electron chi connectivity index (χ3n) is 3.87. The SMILES string of the molecule is COC(=O)C[C@]1(N[S@@+]([O-])C(C)(C)C)CCc2ccccc21. The third kappa shape index (κ3) is 3.42. The maximum Gasteiger partial charge on any atom is 0.307 e. The number of rotatable bonds is 4. The minimum Gasteiger partial charge on any atom is -0.598 e. The Labute approximate surface area is 129 Å². The lowest BCUT2D eigenvalue weighted by Gasteiger charge is -2.34. The van der Waals surface area contributed by atoms with E-state index in [-0.39, 0.29) is 17.1 Å². The molecule has 0 amide bonds. The number of hydrogen-bond acceptors (Lipinski definition) is 4. The normalized spacial score (nSPS) is 22.7. The average molecular weight is 309 g/mol. The highest BCUT2D eigenvalue weighted by Gasteiger charge is 2.46. The molecule has 5 heteroatoms. The Kier molecular flexibility index (Phi) is 4.66. The van der Waals surface area contributed by atoms with Crippen LogP contribution in [-0.2, 0) is 32.9 Å². The van der Waals surface area contributed by atoms with Gasteiger partial charge in [-0.25, -0.2) is 0 Å². The molecule has 1 aromatic carbocycles. The van der Waals surface area contributed by atoms with E-state index in [4.69, 9.17) is 4.74 Å². The average Bonchev–Trinajstić information content (AvgIpc) is 2.77. The fraction of sp³-hybridized carbons (Fsp3) is 0.562. The second kappa shape index (κ2) is 5.99. The molecule has 0 saturated carbocycles. The summed E-state index contributed by atoms with van der Waals surface area (Å²) in [7, 11) is 1.39. The van der Waals surface area contributed by atoms with Gasteiger partial charge in [0, 0.05) is 11.4 Å². The fourth-order valence-electron chi connectivity index (χ4n) is 2.66. The van der Waals surface area contributed by atoms with Crippen LogP contribution in [0.1, 0.15) is 44.7 Å². The zero-order valence-corrected chi connectivity index (χ0v) is 13.9. The molecule has 0 unspecified atom stereocenters. The first-order valence-corrected chi connectivity index (χ1v) is 8.28. The van der Waals surface area contributed by atoms with Crippen LogP contribution in [0, 0.1) is 0 Å². The summed E-state index contributed by atoms with van der Waals surface area (Å²) in [5.41, 5.74) is 1.68. The van der Waals surface area contributed by atoms with Crippen molar-refractivity contribution in [1.82, 2.24) is 4.72 Å². The molecule has 0 aliphatic heterocycles. The Balaban J connectivity index is 2.36. The molecule has 2 rings (SSSR count). The predicted molar refractivity (Wildman–Crippen MR) is 84.1 cm³/mol. The molecule has 21 heavy (non-hydrogen) atoms. The van der Waals surface area contributed by atoms with E-state index in [1.54, 1.807) is 0 Å². The topological polar surface area (TPSA) is 61.4 Å². The van der Waals surface area contributed by atoms with E-state index in [0.29, 0.717) is 0 Å². The lowest BCUT2D eigenvalue weighted by atomic mass is 9.89. The first-order chi connectivity index (χ1) is 9.78. The molecule has 1 aromatic rings. The molecule has 0 fully saturated rings. The summed E-state index contributed by atoms with van der Waals surface area (Å²) < 4.78 is 20.2. The van der Waals surface area contributed by atoms with E-state index in [0.717, 1.165) is 18.4 Å². The van der Waals surface area contributed by atoms with Crippen LogP contribution in [0.25, 0.3) is 0 Å². The molecular weight excluding hydrogens is 286 g/mol. The number of fused-ring (bicyclic) bond motifs is 1. The highest BCUT2D eigenvalue weighted by Crippen LogP contribution is 2.41. The van der Waals surface area contributed by atoms with Gasteiger partial charge >= 0.3 is 5.97 Å². The standard InChI is InChI=1S/C16H23NO3S/c1-15(2,3)21(19)17-16(11-14(18)20-4)10-9-12-7-5-6-8-13(12)16/h5-8,17H,9-11H2,1-4H3/t16-,21+/m1/s1. The van der Waals surface area contributed by atoms with E-state index >= 15 is 0 Å². The van der Waals surface area contributed by atoms with Gasteiger partial charge in [0.15, 0.2) is 0 Å². The Bertz CT molecular complexity index is 526. The summed E-state index contributed by atoms with van der Waals surface area (Å²) >= 11 is -1.25. The van der Waals surface area contributed by atoms with Gasteiger partial charge in [0.25, 0.3) is 0 Å². The molecule has 116 valence electrons. The van der Waals surface area contributed by atoms with Gasteiger partial charge < -0.3 is 9.29 Å². The van der Waals surface area contributed by atoms with Crippen molar-refractivity contribution in [2.45, 2.75) is 50.3 Å². The Morgan fingerprint density at radius 1 is 1.43 bits per heavy atom. The van der Waals surface area contributed by atoms with Crippen LogP contribution in [0.2, 0.25) is 0 Å². The van der Waals surface area contributed by atoms with Crippen LogP contribution >= 0.6 is 0 Å². The minimum absolute atomic E-state index is 0.197. The van der Waals surface area contributed by atoms with Crippen molar-refractivity contribution in [2.75, 3.05) is 7.11 Å². The summed E-state index contributed by atoms with van der Waals surface area (Å²) in [6.45, 7) is 5.76. The molecule has 4 nitrogen and oxygen atoms in total. The van der Waals surface area contributed by atoms with Gasteiger partial charge in [-0.3, -0.25) is 4.79 Å². The van der Waals surface area contributed by atoms with Gasteiger partial charge in [-0.2, -0.15) is 0 Å². The lowest BCUT2D eigenvalue weighted by Crippen LogP contribution is -2.51. The summed E-state index contributed by atoms with van der Waals surface area (Å²) in [5, 5.41) is 0. The molecule has 0 radical (unpaired) electrons. The van der Waals surface area contributed by atoms with Crippen molar-refractivity contribution in [3.8, 4) is 0 Å². The molecule has 0 bridgehead atoms. The van der Waals surface area contributed by atoms with Crippen molar-refractivity contribution in [1.29, 1.82) is 0 Å². The molecule has 0 saturated heterocycles. The van der Waals surface area contributed by atoms with Crippen molar-refractivity contribution in [3.05, 3.63) is 35.4 Å². The van der Waals surface area contributed by atoms with Crippen LogP contribution in [-0.4, -0.2) is 22.4 Å². The monoisotopic (exact) mass is 309 g/mol. The third-order valence-corrected chi connectivity index (χ3v) is 5.56. The Morgan fingerprint density at radius 2 is 2.10 bits per heavy atom. The largest absolute Gasteiger partial charge is 0.598 e. The molecule has 1 N–H and O–H groups in total. The Morgan fingerprint density at radius 3 is 2.71 bits per heavy atom. The highest BCUT2D eigenvalue weighted by atomic mass is 32.2. The number of ether oxygens (including phenoxy) is 1. The summed E-state index contributed by atoms with van der Waals surface area (Å²) in [6.07, 6.45) is 1.83. The van der Waals surface area contributed by atoms with Crippen molar-refractivity contribution < 1.29 is 14.1 Å². The lowest BCUT2D eigenvalue weighted by molar-refractivity contribution is -0.142. The molecule has 2 atom stereocenters. The first-order valence-electron chi connectivity index (χ1n) is 7.13. The molecule has 0 spiro atoms. The second-order valence-corrected chi connectivity index (χ2v) is 8.44. The predicted octanol–water partition coefficient (Wildman–Crippen LogP) is 2.44. The number of carbonyl (C=O) groups is 1. The minimum atomic E-state index is -1.25. The zero-order chi connectivity index (χ0) is 15.7. The van der Waals surface area contributed by atoms with Gasteiger partial charge in [-0.1, -0.05) is 24.3 Å². The molecule has 1 aliphatic rings. The number of aryl methyl sites for hydroxylation is 1. The summed E-state index contributed by atoms with van der Waals surface area (Å²) in [6, 6.07) is 8.03. The van der Waals surface area contributed by atoms with Crippen LogP contribution < -0.4 is 4.72 Å². The van der Waals surface area contributed by atoms with Crippen molar-refractivity contribution >= 4 is 17.3 Å². The van der Waals surface area contributed by atoms with Gasteiger partial charge in [0.2, 0.25) is 0 Å². The van der Waals surface area contributed by atoms with Crippen LogP contribution in [0.3, 0.4) is 0 Å². The molecule has 1 aliphatic carbocycles. The van der Waals surface area contributed by atoms with Gasteiger partial charge in [0.05, 0.1) is 19.1 Å². The van der Waals surface area contributed by atoms with Crippen molar-refractivity contribution in [3.63, 3.8) is 0 Å². The van der Waals surface area contributed by atoms with E-state index in [2.05, 4.69) is 10.8 Å². The number of esters is 1. The number of carbonyl (C=O) groups excluding carboxylic acids is 1. The Hall–Kier alpha value is -1.04. The molecule has 0 aromatic heterocycles. The van der Waals surface area contributed by atoms with E-state index in [9.17, 15) is 9.35 Å². The quantitative estimate of drug-likeness (QED) is 0.685.